The Kier molecular flexibility index (Phi) is 3.56. The number of aromatic nitrogens is 4. The second-order valence-electron chi connectivity index (χ2n) is 8.02. The highest BCUT2D eigenvalue weighted by molar-refractivity contribution is 5.99. The molecule has 0 saturated carbocycles. The summed E-state index contributed by atoms with van der Waals surface area (Å²) in [5.74, 6) is 1.58. The van der Waals surface area contributed by atoms with Crippen LogP contribution in [0.25, 0.3) is 27.7 Å². The number of anilines is 1. The van der Waals surface area contributed by atoms with Gasteiger partial charge in [0, 0.05) is 23.2 Å². The first-order valence-electron chi connectivity index (χ1n) is 9.52. The number of para-hydroxylation sites is 1. The molecule has 0 amide bonds. The first-order valence-corrected chi connectivity index (χ1v) is 9.52. The molecule has 0 spiro atoms. The smallest absolute Gasteiger partial charge is 0.162 e. The summed E-state index contributed by atoms with van der Waals surface area (Å²) in [6.45, 7) is 7.91. The van der Waals surface area contributed by atoms with Crippen LogP contribution in [0.1, 0.15) is 31.1 Å². The Balaban J connectivity index is 1.89. The van der Waals surface area contributed by atoms with Crippen LogP contribution in [-0.2, 0) is 5.54 Å². The third kappa shape index (κ3) is 2.33. The molecule has 0 aliphatic carbocycles. The standard InChI is InChI=1S/C22H22FN5O/c1-11-10-24-18-13(11)7-6-8-14(18)17-15(23)9-16-19(20(17)29-5)28-12(2)26-27-21(28)22(3,4)25-16/h6-10,24-25H,1-5H3. The summed E-state index contributed by atoms with van der Waals surface area (Å²) in [7, 11) is 1.57. The number of ether oxygens (including phenoxy) is 1. The van der Waals surface area contributed by atoms with Gasteiger partial charge in [-0.25, -0.2) is 4.39 Å². The molecule has 0 radical (unpaired) electrons. The van der Waals surface area contributed by atoms with Crippen LogP contribution in [0.4, 0.5) is 10.1 Å². The molecule has 148 valence electrons. The van der Waals surface area contributed by atoms with Gasteiger partial charge in [-0.15, -0.1) is 10.2 Å². The number of nitrogens with one attached hydrogen (secondary N) is 2. The molecule has 3 heterocycles. The van der Waals surface area contributed by atoms with Crippen LogP contribution >= 0.6 is 0 Å². The van der Waals surface area contributed by atoms with Crippen molar-refractivity contribution in [2.75, 3.05) is 12.4 Å². The van der Waals surface area contributed by atoms with E-state index in [-0.39, 0.29) is 5.82 Å². The second-order valence-corrected chi connectivity index (χ2v) is 8.02. The summed E-state index contributed by atoms with van der Waals surface area (Å²) in [6, 6.07) is 7.41. The number of aryl methyl sites for hydroxylation is 2. The Hall–Kier alpha value is -3.35. The van der Waals surface area contributed by atoms with Crippen molar-refractivity contribution in [3.8, 4) is 22.6 Å². The van der Waals surface area contributed by atoms with E-state index in [0.29, 0.717) is 17.0 Å². The largest absolute Gasteiger partial charge is 0.494 e. The zero-order valence-electron chi connectivity index (χ0n) is 17.0. The average Bonchev–Trinajstić information content (AvgIpc) is 3.25. The topological polar surface area (TPSA) is 67.8 Å². The number of benzene rings is 2. The number of methoxy groups -OCH3 is 1. The predicted molar refractivity (Wildman–Crippen MR) is 111 cm³/mol. The van der Waals surface area contributed by atoms with Gasteiger partial charge in [0.25, 0.3) is 0 Å². The van der Waals surface area contributed by atoms with E-state index in [0.717, 1.165) is 39.4 Å². The summed E-state index contributed by atoms with van der Waals surface area (Å²) in [5.41, 5.74) is 4.04. The van der Waals surface area contributed by atoms with Crippen molar-refractivity contribution in [3.05, 3.63) is 53.5 Å². The molecule has 6 nitrogen and oxygen atoms in total. The van der Waals surface area contributed by atoms with E-state index in [1.807, 2.05) is 56.7 Å². The molecule has 2 aromatic carbocycles. The van der Waals surface area contributed by atoms with Crippen molar-refractivity contribution < 1.29 is 9.13 Å². The molecule has 1 aliphatic rings. The number of fused-ring (bicyclic) bond motifs is 4. The minimum absolute atomic E-state index is 0.349. The van der Waals surface area contributed by atoms with Gasteiger partial charge in [0.05, 0.1) is 29.4 Å². The highest BCUT2D eigenvalue weighted by Crippen LogP contribution is 2.48. The van der Waals surface area contributed by atoms with E-state index in [9.17, 15) is 0 Å². The van der Waals surface area contributed by atoms with Gasteiger partial charge in [-0.2, -0.15) is 0 Å². The first-order chi connectivity index (χ1) is 13.8. The molecule has 0 bridgehead atoms. The van der Waals surface area contributed by atoms with E-state index in [1.165, 1.54) is 6.07 Å². The van der Waals surface area contributed by atoms with E-state index in [4.69, 9.17) is 4.74 Å². The van der Waals surface area contributed by atoms with Crippen LogP contribution < -0.4 is 10.1 Å². The number of rotatable bonds is 2. The van der Waals surface area contributed by atoms with E-state index >= 15 is 4.39 Å². The molecule has 2 aromatic heterocycles. The van der Waals surface area contributed by atoms with Gasteiger partial charge >= 0.3 is 0 Å². The fraction of sp³-hybridized carbons (Fsp3) is 0.273. The van der Waals surface area contributed by atoms with Gasteiger partial charge < -0.3 is 15.0 Å². The molecule has 4 aromatic rings. The van der Waals surface area contributed by atoms with E-state index in [1.54, 1.807) is 7.11 Å². The average molecular weight is 391 g/mol. The summed E-state index contributed by atoms with van der Waals surface area (Å²) in [5, 5.41) is 13.1. The lowest BCUT2D eigenvalue weighted by molar-refractivity contribution is 0.408. The van der Waals surface area contributed by atoms with Crippen molar-refractivity contribution in [2.45, 2.75) is 33.2 Å². The molecule has 29 heavy (non-hydrogen) atoms. The van der Waals surface area contributed by atoms with E-state index in [2.05, 4.69) is 20.5 Å². The molecule has 0 atom stereocenters. The fourth-order valence-electron chi connectivity index (χ4n) is 4.31. The Morgan fingerprint density at radius 1 is 1.17 bits per heavy atom. The molecule has 7 heteroatoms. The molecule has 1 aliphatic heterocycles. The molecule has 5 rings (SSSR count). The van der Waals surface area contributed by atoms with Crippen LogP contribution in [0.15, 0.2) is 30.5 Å². The summed E-state index contributed by atoms with van der Waals surface area (Å²) < 4.78 is 23.3. The zero-order chi connectivity index (χ0) is 20.5. The van der Waals surface area contributed by atoms with Gasteiger partial charge in [0.1, 0.15) is 17.3 Å². The Morgan fingerprint density at radius 2 is 1.97 bits per heavy atom. The zero-order valence-corrected chi connectivity index (χ0v) is 17.0. The Labute approximate surface area is 167 Å². The van der Waals surface area contributed by atoms with Gasteiger partial charge in [0.2, 0.25) is 0 Å². The summed E-state index contributed by atoms with van der Waals surface area (Å²) >= 11 is 0. The molecule has 0 saturated heterocycles. The van der Waals surface area contributed by atoms with Gasteiger partial charge in [0.15, 0.2) is 11.6 Å². The molecular formula is C22H22FN5O. The van der Waals surface area contributed by atoms with Crippen LogP contribution in [-0.4, -0.2) is 26.9 Å². The summed E-state index contributed by atoms with van der Waals surface area (Å²) in [6.07, 6.45) is 1.93. The van der Waals surface area contributed by atoms with Crippen molar-refractivity contribution in [1.82, 2.24) is 19.7 Å². The van der Waals surface area contributed by atoms with Crippen LogP contribution in [0, 0.1) is 19.7 Å². The molecule has 0 unspecified atom stereocenters. The number of aromatic amines is 1. The predicted octanol–water partition coefficient (Wildman–Crippen LogP) is 4.84. The maximum atomic E-state index is 15.5. The highest BCUT2D eigenvalue weighted by atomic mass is 19.1. The number of H-pyrrole nitrogens is 1. The fourth-order valence-corrected chi connectivity index (χ4v) is 4.31. The Bertz CT molecular complexity index is 1280. The van der Waals surface area contributed by atoms with Crippen LogP contribution in [0.3, 0.4) is 0 Å². The Morgan fingerprint density at radius 3 is 2.72 bits per heavy atom. The summed E-state index contributed by atoms with van der Waals surface area (Å²) in [4.78, 5) is 3.28. The number of halogens is 1. The highest BCUT2D eigenvalue weighted by Gasteiger charge is 2.37. The van der Waals surface area contributed by atoms with Crippen LogP contribution in [0.5, 0.6) is 5.75 Å². The van der Waals surface area contributed by atoms with Crippen LogP contribution in [0.2, 0.25) is 0 Å². The van der Waals surface area contributed by atoms with Gasteiger partial charge in [-0.3, -0.25) is 4.57 Å². The second kappa shape index (κ2) is 5.83. The molecule has 2 N–H and O–H groups in total. The molecular weight excluding hydrogens is 369 g/mol. The van der Waals surface area contributed by atoms with Gasteiger partial charge in [-0.05, 0) is 33.3 Å². The minimum Gasteiger partial charge on any atom is -0.494 e. The number of hydrogen-bond acceptors (Lipinski definition) is 4. The maximum Gasteiger partial charge on any atom is 0.162 e. The lowest BCUT2D eigenvalue weighted by atomic mass is 9.95. The van der Waals surface area contributed by atoms with Crippen molar-refractivity contribution in [3.63, 3.8) is 0 Å². The van der Waals surface area contributed by atoms with Gasteiger partial charge in [-0.1, -0.05) is 18.2 Å². The third-order valence-electron chi connectivity index (χ3n) is 5.66. The maximum absolute atomic E-state index is 15.5. The monoisotopic (exact) mass is 391 g/mol. The first kappa shape index (κ1) is 17.7. The SMILES string of the molecule is COc1c(-c2cccc3c(C)c[nH]c23)c(F)cc2c1-n1c(C)nnc1C(C)(C)N2. The normalized spacial score (nSPS) is 14.4. The quantitative estimate of drug-likeness (QED) is 0.513. The lowest BCUT2D eigenvalue weighted by Gasteiger charge is -2.35. The van der Waals surface area contributed by atoms with Crippen molar-refractivity contribution in [1.29, 1.82) is 0 Å². The van der Waals surface area contributed by atoms with Crippen molar-refractivity contribution >= 4 is 16.6 Å². The minimum atomic E-state index is -0.496. The number of nitrogens with zero attached hydrogens (tertiary/aromatic N) is 3. The lowest BCUT2D eigenvalue weighted by Crippen LogP contribution is -2.36. The number of hydrogen-bond donors (Lipinski definition) is 2. The van der Waals surface area contributed by atoms with Crippen molar-refractivity contribution in [2.24, 2.45) is 0 Å². The molecule has 0 fully saturated rings. The van der Waals surface area contributed by atoms with E-state index < -0.39 is 5.54 Å². The third-order valence-corrected chi connectivity index (χ3v) is 5.66.